The van der Waals surface area contributed by atoms with Crippen molar-refractivity contribution in [1.82, 2.24) is 9.38 Å². The molecule has 1 aliphatic carbocycles. The van der Waals surface area contributed by atoms with Gasteiger partial charge in [0.15, 0.2) is 5.78 Å². The molecule has 2 aromatic heterocycles. The van der Waals surface area contributed by atoms with E-state index in [2.05, 4.69) is 4.98 Å². The molecular weight excluding hydrogens is 212 g/mol. The monoisotopic (exact) mass is 228 g/mol. The average Bonchev–Trinajstić information content (AvgIpc) is 2.87. The van der Waals surface area contributed by atoms with E-state index < -0.39 is 0 Å². The third kappa shape index (κ3) is 1.86. The Labute approximate surface area is 100 Å². The van der Waals surface area contributed by atoms with E-state index >= 15 is 0 Å². The highest BCUT2D eigenvalue weighted by atomic mass is 16.1. The largest absolute Gasteiger partial charge is 0.306 e. The molecule has 3 nitrogen and oxygen atoms in total. The number of carbonyl (C=O) groups excluding carboxylic acids is 1. The Hall–Kier alpha value is -1.64. The Morgan fingerprint density at radius 3 is 2.94 bits per heavy atom. The van der Waals surface area contributed by atoms with Crippen LogP contribution in [0.25, 0.3) is 5.52 Å². The minimum absolute atomic E-state index is 0.227. The van der Waals surface area contributed by atoms with E-state index in [9.17, 15) is 4.79 Å². The number of imidazole rings is 1. The maximum atomic E-state index is 12.5. The van der Waals surface area contributed by atoms with Crippen molar-refractivity contribution < 1.29 is 4.79 Å². The van der Waals surface area contributed by atoms with Crippen LogP contribution < -0.4 is 0 Å². The van der Waals surface area contributed by atoms with Crippen LogP contribution in [0.15, 0.2) is 30.9 Å². The van der Waals surface area contributed by atoms with Gasteiger partial charge in [-0.15, -0.1) is 0 Å². The van der Waals surface area contributed by atoms with Crippen molar-refractivity contribution in [1.29, 1.82) is 0 Å². The molecule has 0 amide bonds. The lowest BCUT2D eigenvalue weighted by atomic mass is 9.84. The third-order valence-corrected chi connectivity index (χ3v) is 3.69. The summed E-state index contributed by atoms with van der Waals surface area (Å²) in [7, 11) is 0. The number of ketones is 1. The number of pyridine rings is 1. The first-order valence-electron chi connectivity index (χ1n) is 6.31. The Balaban J connectivity index is 1.97. The molecular formula is C14H16N2O. The van der Waals surface area contributed by atoms with Crippen LogP contribution in [0, 0.1) is 5.92 Å². The van der Waals surface area contributed by atoms with Crippen LogP contribution in [-0.2, 0) is 0 Å². The summed E-state index contributed by atoms with van der Waals surface area (Å²) in [5.74, 6) is 0.528. The first-order valence-corrected chi connectivity index (χ1v) is 6.31. The molecule has 0 aromatic carbocycles. The summed E-state index contributed by atoms with van der Waals surface area (Å²) >= 11 is 0. The van der Waals surface area contributed by atoms with Crippen molar-refractivity contribution in [2.24, 2.45) is 5.92 Å². The maximum Gasteiger partial charge on any atom is 0.168 e. The number of rotatable bonds is 2. The Morgan fingerprint density at radius 2 is 2.12 bits per heavy atom. The predicted molar refractivity (Wildman–Crippen MR) is 66.1 cm³/mol. The molecule has 1 aliphatic rings. The first kappa shape index (κ1) is 10.5. The van der Waals surface area contributed by atoms with Crippen LogP contribution in [0.1, 0.15) is 42.5 Å². The van der Waals surface area contributed by atoms with Crippen molar-refractivity contribution in [3.8, 4) is 0 Å². The van der Waals surface area contributed by atoms with E-state index in [1.807, 2.05) is 22.7 Å². The molecule has 0 atom stereocenters. The number of hydrogen-bond donors (Lipinski definition) is 0. The second-order valence-electron chi connectivity index (χ2n) is 4.81. The number of hydrogen-bond acceptors (Lipinski definition) is 2. The molecule has 2 aromatic rings. The van der Waals surface area contributed by atoms with E-state index in [0.717, 1.165) is 23.9 Å². The van der Waals surface area contributed by atoms with Gasteiger partial charge in [0, 0.05) is 17.7 Å². The van der Waals surface area contributed by atoms with Gasteiger partial charge in [-0.3, -0.25) is 4.79 Å². The zero-order chi connectivity index (χ0) is 11.7. The van der Waals surface area contributed by atoms with Gasteiger partial charge in [-0.1, -0.05) is 19.3 Å². The van der Waals surface area contributed by atoms with E-state index in [1.54, 1.807) is 12.5 Å². The molecule has 1 fully saturated rings. The molecule has 0 spiro atoms. The maximum absolute atomic E-state index is 12.5. The second-order valence-corrected chi connectivity index (χ2v) is 4.81. The summed E-state index contributed by atoms with van der Waals surface area (Å²) in [5.41, 5.74) is 1.76. The van der Waals surface area contributed by atoms with Crippen LogP contribution >= 0.6 is 0 Å². The Kier molecular flexibility index (Phi) is 2.67. The van der Waals surface area contributed by atoms with Gasteiger partial charge in [0.25, 0.3) is 0 Å². The Bertz CT molecular complexity index is 538. The van der Waals surface area contributed by atoms with Crippen LogP contribution in [0.2, 0.25) is 0 Å². The van der Waals surface area contributed by atoms with E-state index in [0.29, 0.717) is 5.78 Å². The smallest absolute Gasteiger partial charge is 0.168 e. The minimum atomic E-state index is 0.227. The topological polar surface area (TPSA) is 34.4 Å². The molecule has 0 radical (unpaired) electrons. The molecule has 0 saturated heterocycles. The zero-order valence-electron chi connectivity index (χ0n) is 9.80. The van der Waals surface area contributed by atoms with Crippen molar-refractivity contribution in [3.63, 3.8) is 0 Å². The van der Waals surface area contributed by atoms with Crippen molar-refractivity contribution in [2.75, 3.05) is 0 Å². The Morgan fingerprint density at radius 1 is 1.29 bits per heavy atom. The van der Waals surface area contributed by atoms with Crippen molar-refractivity contribution in [2.45, 2.75) is 32.1 Å². The van der Waals surface area contributed by atoms with E-state index in [1.165, 1.54) is 19.3 Å². The number of nitrogens with zero attached hydrogens (tertiary/aromatic N) is 2. The normalized spacial score (nSPS) is 17.4. The van der Waals surface area contributed by atoms with Crippen molar-refractivity contribution in [3.05, 3.63) is 36.4 Å². The van der Waals surface area contributed by atoms with Gasteiger partial charge in [-0.2, -0.15) is 0 Å². The molecule has 0 bridgehead atoms. The molecule has 88 valence electrons. The van der Waals surface area contributed by atoms with Gasteiger partial charge < -0.3 is 4.40 Å². The predicted octanol–water partition coefficient (Wildman–Crippen LogP) is 3.10. The molecule has 3 rings (SSSR count). The van der Waals surface area contributed by atoms with Crippen LogP contribution in [0.3, 0.4) is 0 Å². The zero-order valence-corrected chi connectivity index (χ0v) is 9.80. The van der Waals surface area contributed by atoms with Gasteiger partial charge in [-0.05, 0) is 25.0 Å². The molecule has 0 aliphatic heterocycles. The first-order chi connectivity index (χ1) is 8.36. The number of aromatic nitrogens is 2. The highest BCUT2D eigenvalue weighted by Crippen LogP contribution is 2.28. The summed E-state index contributed by atoms with van der Waals surface area (Å²) in [4.78, 5) is 16.6. The fraction of sp³-hybridized carbons (Fsp3) is 0.429. The molecule has 0 N–H and O–H groups in total. The standard InChI is InChI=1S/C14H16N2O/c17-14(11-5-2-1-3-6-11)12-7-4-8-16-10-15-9-13(12)16/h4,7-11H,1-3,5-6H2. The molecule has 3 heteroatoms. The van der Waals surface area contributed by atoms with Gasteiger partial charge in [-0.25, -0.2) is 4.98 Å². The average molecular weight is 228 g/mol. The van der Waals surface area contributed by atoms with E-state index in [4.69, 9.17) is 0 Å². The minimum Gasteiger partial charge on any atom is -0.306 e. The van der Waals surface area contributed by atoms with E-state index in [-0.39, 0.29) is 5.92 Å². The number of fused-ring (bicyclic) bond motifs is 1. The molecule has 1 saturated carbocycles. The SMILES string of the molecule is O=C(c1cccn2cncc12)C1CCCCC1. The van der Waals surface area contributed by atoms with Crippen LogP contribution in [0.5, 0.6) is 0 Å². The lowest BCUT2D eigenvalue weighted by Crippen LogP contribution is -2.18. The molecule has 2 heterocycles. The summed E-state index contributed by atoms with van der Waals surface area (Å²) < 4.78 is 1.91. The summed E-state index contributed by atoms with van der Waals surface area (Å²) in [6.07, 6.45) is 11.2. The highest BCUT2D eigenvalue weighted by Gasteiger charge is 2.23. The van der Waals surface area contributed by atoms with Gasteiger partial charge in [0.2, 0.25) is 0 Å². The van der Waals surface area contributed by atoms with Crippen LogP contribution in [-0.4, -0.2) is 15.2 Å². The lowest BCUT2D eigenvalue weighted by molar-refractivity contribution is 0.0891. The van der Waals surface area contributed by atoms with Crippen LogP contribution in [0.4, 0.5) is 0 Å². The van der Waals surface area contributed by atoms with Gasteiger partial charge in [0.05, 0.1) is 18.0 Å². The molecule has 17 heavy (non-hydrogen) atoms. The summed E-state index contributed by atoms with van der Waals surface area (Å²) in [5, 5.41) is 0. The quantitative estimate of drug-likeness (QED) is 0.740. The third-order valence-electron chi connectivity index (χ3n) is 3.69. The molecule has 0 unspecified atom stereocenters. The number of Topliss-reactive ketones (excluding diaryl/α,β-unsaturated/α-hetero) is 1. The van der Waals surface area contributed by atoms with Crippen molar-refractivity contribution >= 4 is 11.3 Å². The second kappa shape index (κ2) is 4.32. The number of carbonyl (C=O) groups is 1. The lowest BCUT2D eigenvalue weighted by Gasteiger charge is -2.20. The summed E-state index contributed by atoms with van der Waals surface area (Å²) in [6.45, 7) is 0. The summed E-state index contributed by atoms with van der Waals surface area (Å²) in [6, 6.07) is 3.85. The highest BCUT2D eigenvalue weighted by molar-refractivity contribution is 6.03. The fourth-order valence-electron chi connectivity index (χ4n) is 2.74. The van der Waals surface area contributed by atoms with Gasteiger partial charge >= 0.3 is 0 Å². The fourth-order valence-corrected chi connectivity index (χ4v) is 2.74. The van der Waals surface area contributed by atoms with Gasteiger partial charge in [0.1, 0.15) is 0 Å².